The fourth-order valence-electron chi connectivity index (χ4n) is 5.46. The molecule has 2 aliphatic rings. The van der Waals surface area contributed by atoms with Crippen LogP contribution in [0.25, 0.3) is 10.8 Å². The third-order valence-electron chi connectivity index (χ3n) is 7.46. The van der Waals surface area contributed by atoms with Gasteiger partial charge in [-0.25, -0.2) is 0 Å². The van der Waals surface area contributed by atoms with Crippen LogP contribution in [-0.4, -0.2) is 31.1 Å². The Hall–Kier alpha value is -3.36. The van der Waals surface area contributed by atoms with Crippen LogP contribution in [-0.2, 0) is 22.7 Å². The summed E-state index contributed by atoms with van der Waals surface area (Å²) in [6.07, 6.45) is 6.22. The highest BCUT2D eigenvalue weighted by Crippen LogP contribution is 2.34. The first-order chi connectivity index (χ1) is 17.1. The quantitative estimate of drug-likeness (QED) is 0.402. The molecule has 35 heavy (non-hydrogen) atoms. The third-order valence-corrected chi connectivity index (χ3v) is 7.46. The number of benzene rings is 3. The Labute approximate surface area is 207 Å². The fourth-order valence-corrected chi connectivity index (χ4v) is 5.46. The number of esters is 1. The molecule has 0 amide bonds. The number of carbonyl (C=O) groups is 1. The molecule has 1 aliphatic heterocycles. The topological polar surface area (TPSA) is 62.6 Å². The highest BCUT2D eigenvalue weighted by Gasteiger charge is 2.33. The highest BCUT2D eigenvalue weighted by atomic mass is 16.5. The average Bonchev–Trinajstić information content (AvgIpc) is 2.89. The minimum atomic E-state index is -0.115. The van der Waals surface area contributed by atoms with Gasteiger partial charge in [0.2, 0.25) is 0 Å². The Morgan fingerprint density at radius 1 is 0.971 bits per heavy atom. The van der Waals surface area contributed by atoms with E-state index in [-0.39, 0.29) is 11.9 Å². The van der Waals surface area contributed by atoms with Gasteiger partial charge < -0.3 is 9.47 Å². The molecule has 0 spiro atoms. The van der Waals surface area contributed by atoms with E-state index in [9.17, 15) is 10.1 Å². The molecule has 0 N–H and O–H groups in total. The number of rotatable bonds is 7. The number of ether oxygens (including phenoxy) is 2. The van der Waals surface area contributed by atoms with Crippen molar-refractivity contribution < 1.29 is 14.3 Å². The van der Waals surface area contributed by atoms with E-state index in [0.29, 0.717) is 12.5 Å². The summed E-state index contributed by atoms with van der Waals surface area (Å²) in [4.78, 5) is 13.8. The maximum atomic E-state index is 11.6. The lowest BCUT2D eigenvalue weighted by Gasteiger charge is -2.37. The second-order valence-electron chi connectivity index (χ2n) is 9.91. The molecule has 5 rings (SSSR count). The molecule has 5 nitrogen and oxygen atoms in total. The smallest absolute Gasteiger partial charge is 0.311 e. The van der Waals surface area contributed by atoms with Gasteiger partial charge in [-0.15, -0.1) is 0 Å². The summed E-state index contributed by atoms with van der Waals surface area (Å²) in [6, 6.07) is 21.3. The number of methoxy groups -OCH3 is 1. The lowest BCUT2D eigenvalue weighted by Crippen LogP contribution is -2.49. The van der Waals surface area contributed by atoms with Crippen molar-refractivity contribution in [3.05, 3.63) is 76.9 Å². The largest absolute Gasteiger partial charge is 0.489 e. The molecular formula is C30H32N2O3. The molecule has 3 aromatic carbocycles. The standard InChI is InChI=1S/C30H32N2O3/c1-34-30(33)27-18-32(19-27)17-21-7-9-25-15-28(11-10-24(25)13-21)35-20-22-8-12-29(26(14-22)16-31)23-5-3-2-4-6-23/h7-15,23,27H,2-6,17-20H2,1H3. The molecular weight excluding hydrogens is 436 g/mol. The summed E-state index contributed by atoms with van der Waals surface area (Å²) in [5.41, 5.74) is 4.26. The zero-order valence-corrected chi connectivity index (χ0v) is 20.3. The predicted octanol–water partition coefficient (Wildman–Crippen LogP) is 5.94. The first-order valence-corrected chi connectivity index (χ1v) is 12.6. The molecule has 5 heteroatoms. The molecule has 0 atom stereocenters. The van der Waals surface area contributed by atoms with E-state index >= 15 is 0 Å². The van der Waals surface area contributed by atoms with Gasteiger partial charge in [-0.2, -0.15) is 5.26 Å². The van der Waals surface area contributed by atoms with Crippen LogP contribution in [0.3, 0.4) is 0 Å². The maximum absolute atomic E-state index is 11.6. The van der Waals surface area contributed by atoms with Crippen molar-refractivity contribution >= 4 is 16.7 Å². The van der Waals surface area contributed by atoms with E-state index in [1.807, 2.05) is 12.1 Å². The molecule has 180 valence electrons. The number of fused-ring (bicyclic) bond motifs is 1. The Morgan fingerprint density at radius 3 is 2.49 bits per heavy atom. The predicted molar refractivity (Wildman–Crippen MR) is 136 cm³/mol. The van der Waals surface area contributed by atoms with Gasteiger partial charge in [-0.05, 0) is 70.5 Å². The van der Waals surface area contributed by atoms with Crippen molar-refractivity contribution in [2.75, 3.05) is 20.2 Å². The van der Waals surface area contributed by atoms with E-state index in [2.05, 4.69) is 53.4 Å². The lowest BCUT2D eigenvalue weighted by atomic mass is 9.82. The van der Waals surface area contributed by atoms with Crippen LogP contribution in [0.2, 0.25) is 0 Å². The normalized spacial score (nSPS) is 17.0. The maximum Gasteiger partial charge on any atom is 0.311 e. The van der Waals surface area contributed by atoms with Gasteiger partial charge in [0.25, 0.3) is 0 Å². The monoisotopic (exact) mass is 468 g/mol. The Morgan fingerprint density at radius 2 is 1.71 bits per heavy atom. The summed E-state index contributed by atoms with van der Waals surface area (Å²) in [5.74, 6) is 1.24. The van der Waals surface area contributed by atoms with E-state index < -0.39 is 0 Å². The first-order valence-electron chi connectivity index (χ1n) is 12.6. The molecule has 0 unspecified atom stereocenters. The Bertz CT molecular complexity index is 1250. The number of likely N-dealkylation sites (tertiary alicyclic amines) is 1. The van der Waals surface area contributed by atoms with Gasteiger partial charge in [-0.3, -0.25) is 9.69 Å². The van der Waals surface area contributed by atoms with Crippen molar-refractivity contribution in [1.29, 1.82) is 5.26 Å². The minimum absolute atomic E-state index is 0.00728. The number of hydrogen-bond acceptors (Lipinski definition) is 5. The third kappa shape index (κ3) is 5.33. The van der Waals surface area contributed by atoms with Gasteiger partial charge in [0, 0.05) is 19.6 Å². The summed E-state index contributed by atoms with van der Waals surface area (Å²) in [5, 5.41) is 12.0. The molecule has 1 saturated heterocycles. The van der Waals surface area contributed by atoms with Crippen LogP contribution in [0, 0.1) is 17.2 Å². The lowest BCUT2D eigenvalue weighted by molar-refractivity contribution is -0.151. The first kappa shape index (κ1) is 23.4. The van der Waals surface area contributed by atoms with E-state index in [1.165, 1.54) is 55.7 Å². The van der Waals surface area contributed by atoms with Crippen LogP contribution in [0.1, 0.15) is 60.3 Å². The van der Waals surface area contributed by atoms with Crippen LogP contribution in [0.4, 0.5) is 0 Å². The van der Waals surface area contributed by atoms with Crippen molar-refractivity contribution in [2.24, 2.45) is 5.92 Å². The van der Waals surface area contributed by atoms with Crippen LogP contribution < -0.4 is 4.74 Å². The van der Waals surface area contributed by atoms with Crippen LogP contribution in [0.5, 0.6) is 5.75 Å². The minimum Gasteiger partial charge on any atom is -0.489 e. The highest BCUT2D eigenvalue weighted by molar-refractivity contribution is 5.84. The summed E-state index contributed by atoms with van der Waals surface area (Å²) < 4.78 is 10.9. The zero-order chi connectivity index (χ0) is 24.2. The second kappa shape index (κ2) is 10.5. The second-order valence-corrected chi connectivity index (χ2v) is 9.91. The van der Waals surface area contributed by atoms with E-state index in [4.69, 9.17) is 9.47 Å². The number of nitriles is 1. The molecule has 1 heterocycles. The van der Waals surface area contributed by atoms with E-state index in [1.54, 1.807) is 0 Å². The van der Waals surface area contributed by atoms with Gasteiger partial charge in [0.1, 0.15) is 12.4 Å². The van der Waals surface area contributed by atoms with Gasteiger partial charge in [0.05, 0.1) is 24.7 Å². The van der Waals surface area contributed by atoms with Gasteiger partial charge in [-0.1, -0.05) is 49.6 Å². The molecule has 0 aromatic heterocycles. The molecule has 1 saturated carbocycles. The number of carbonyl (C=O) groups excluding carboxylic acids is 1. The van der Waals surface area contributed by atoms with Crippen LogP contribution >= 0.6 is 0 Å². The zero-order valence-electron chi connectivity index (χ0n) is 20.3. The SMILES string of the molecule is COC(=O)C1CN(Cc2ccc3cc(OCc4ccc(C5CCCCC5)c(C#N)c4)ccc3c2)C1. The van der Waals surface area contributed by atoms with Crippen molar-refractivity contribution in [2.45, 2.75) is 51.2 Å². The molecule has 2 fully saturated rings. The Balaban J connectivity index is 1.20. The number of nitrogens with zero attached hydrogens (tertiary/aromatic N) is 2. The van der Waals surface area contributed by atoms with Gasteiger partial charge >= 0.3 is 5.97 Å². The van der Waals surface area contributed by atoms with Crippen molar-refractivity contribution in [3.8, 4) is 11.8 Å². The van der Waals surface area contributed by atoms with Crippen LogP contribution in [0.15, 0.2) is 54.6 Å². The summed E-state index contributed by atoms with van der Waals surface area (Å²) in [6.45, 7) is 2.79. The Kier molecular flexibility index (Phi) is 7.01. The summed E-state index contributed by atoms with van der Waals surface area (Å²) in [7, 11) is 1.45. The summed E-state index contributed by atoms with van der Waals surface area (Å²) >= 11 is 0. The molecule has 1 aliphatic carbocycles. The average molecular weight is 469 g/mol. The van der Waals surface area contributed by atoms with Gasteiger partial charge in [0.15, 0.2) is 0 Å². The van der Waals surface area contributed by atoms with E-state index in [0.717, 1.165) is 41.9 Å². The molecule has 0 bridgehead atoms. The fraction of sp³-hybridized carbons (Fsp3) is 0.400. The van der Waals surface area contributed by atoms with Crippen molar-refractivity contribution in [1.82, 2.24) is 4.90 Å². The van der Waals surface area contributed by atoms with Crippen molar-refractivity contribution in [3.63, 3.8) is 0 Å². The number of hydrogen-bond donors (Lipinski definition) is 0. The molecule has 0 radical (unpaired) electrons. The molecule has 3 aromatic rings.